The molecule has 0 bridgehead atoms. The van der Waals surface area contributed by atoms with E-state index < -0.39 is 4.92 Å². The fourth-order valence-corrected chi connectivity index (χ4v) is 1.63. The maximum Gasteiger partial charge on any atom is 0.280 e. The monoisotopic (exact) mass is 242 g/mol. The van der Waals surface area contributed by atoms with E-state index in [-0.39, 0.29) is 23.5 Å². The zero-order valence-electron chi connectivity index (χ0n) is 9.45. The summed E-state index contributed by atoms with van der Waals surface area (Å²) in [5, 5.41) is 10.8. The summed E-state index contributed by atoms with van der Waals surface area (Å²) in [5.41, 5.74) is 0.548. The summed E-state index contributed by atoms with van der Waals surface area (Å²) in [7, 11) is 0. The van der Waals surface area contributed by atoms with E-state index in [1.807, 2.05) is 0 Å². The number of hydrogen-bond acceptors (Lipinski definition) is 4. The van der Waals surface area contributed by atoms with Gasteiger partial charge in [-0.2, -0.15) is 0 Å². The lowest BCUT2D eigenvalue weighted by Gasteiger charge is -2.01. The van der Waals surface area contributed by atoms with Gasteiger partial charge in [0.05, 0.1) is 16.9 Å². The molecule has 90 valence electrons. The van der Waals surface area contributed by atoms with E-state index in [9.17, 15) is 14.9 Å². The lowest BCUT2D eigenvalue weighted by molar-refractivity contribution is -0.385. The fraction of sp³-hybridized carbons (Fsp3) is 0.0769. The Hall–Kier alpha value is -2.56. The largest absolute Gasteiger partial charge is 0.293 e. The normalized spacial score (nSPS) is 10.0. The van der Waals surface area contributed by atoms with Gasteiger partial charge in [-0.25, -0.2) is 0 Å². The summed E-state index contributed by atoms with van der Waals surface area (Å²) in [6.07, 6.45) is 1.65. The molecule has 0 fully saturated rings. The number of nitrogens with zero attached hydrogens (tertiary/aromatic N) is 2. The van der Waals surface area contributed by atoms with Crippen LogP contribution in [-0.4, -0.2) is 15.7 Å². The van der Waals surface area contributed by atoms with Gasteiger partial charge in [0.25, 0.3) is 5.69 Å². The third-order valence-corrected chi connectivity index (χ3v) is 2.47. The molecule has 0 unspecified atom stereocenters. The maximum absolute atomic E-state index is 12.0. The van der Waals surface area contributed by atoms with Crippen molar-refractivity contribution in [3.63, 3.8) is 0 Å². The molecule has 2 rings (SSSR count). The van der Waals surface area contributed by atoms with Gasteiger partial charge in [0.1, 0.15) is 0 Å². The minimum atomic E-state index is -0.550. The third-order valence-electron chi connectivity index (χ3n) is 2.47. The molecule has 18 heavy (non-hydrogen) atoms. The van der Waals surface area contributed by atoms with Crippen LogP contribution in [0.3, 0.4) is 0 Å². The Morgan fingerprint density at radius 3 is 2.56 bits per heavy atom. The van der Waals surface area contributed by atoms with Gasteiger partial charge in [0.2, 0.25) is 0 Å². The van der Waals surface area contributed by atoms with E-state index in [2.05, 4.69) is 4.98 Å². The molecule has 5 nitrogen and oxygen atoms in total. The number of ketones is 1. The van der Waals surface area contributed by atoms with Crippen molar-refractivity contribution < 1.29 is 9.72 Å². The van der Waals surface area contributed by atoms with Crippen LogP contribution in [0.25, 0.3) is 0 Å². The molecular weight excluding hydrogens is 232 g/mol. The fourth-order valence-electron chi connectivity index (χ4n) is 1.63. The Morgan fingerprint density at radius 2 is 1.89 bits per heavy atom. The summed E-state index contributed by atoms with van der Waals surface area (Å²) in [6.45, 7) is 0. The molecule has 0 aliphatic carbocycles. The smallest absolute Gasteiger partial charge is 0.280 e. The van der Waals surface area contributed by atoms with E-state index in [0.29, 0.717) is 5.69 Å². The van der Waals surface area contributed by atoms with E-state index in [1.165, 1.54) is 18.2 Å². The predicted octanol–water partition coefficient (Wildman–Crippen LogP) is 2.42. The second-order valence-corrected chi connectivity index (χ2v) is 3.70. The molecule has 2 aromatic rings. The van der Waals surface area contributed by atoms with Crippen LogP contribution in [0.1, 0.15) is 16.1 Å². The average molecular weight is 242 g/mol. The quantitative estimate of drug-likeness (QED) is 0.469. The van der Waals surface area contributed by atoms with E-state index >= 15 is 0 Å². The zero-order valence-corrected chi connectivity index (χ0v) is 9.45. The third kappa shape index (κ3) is 2.57. The molecular formula is C13H10N2O3. The number of nitro groups is 1. The predicted molar refractivity (Wildman–Crippen MR) is 65.4 cm³/mol. The van der Waals surface area contributed by atoms with E-state index in [4.69, 9.17) is 0 Å². The van der Waals surface area contributed by atoms with Crippen molar-refractivity contribution in [2.75, 3.05) is 0 Å². The molecule has 0 radical (unpaired) electrons. The number of carbonyl (C=O) groups is 1. The highest BCUT2D eigenvalue weighted by molar-refractivity contribution is 6.00. The molecule has 5 heteroatoms. The second kappa shape index (κ2) is 5.18. The van der Waals surface area contributed by atoms with E-state index in [0.717, 1.165) is 0 Å². The van der Waals surface area contributed by atoms with E-state index in [1.54, 1.807) is 30.5 Å². The topological polar surface area (TPSA) is 73.1 Å². The highest BCUT2D eigenvalue weighted by atomic mass is 16.6. The van der Waals surface area contributed by atoms with Crippen molar-refractivity contribution in [1.29, 1.82) is 0 Å². The summed E-state index contributed by atoms with van der Waals surface area (Å²) >= 11 is 0. The second-order valence-electron chi connectivity index (χ2n) is 3.70. The minimum absolute atomic E-state index is 0.0612. The number of carbonyl (C=O) groups excluding carboxylic acids is 1. The van der Waals surface area contributed by atoms with Gasteiger partial charge >= 0.3 is 0 Å². The van der Waals surface area contributed by atoms with Crippen LogP contribution in [0.5, 0.6) is 0 Å². The number of para-hydroxylation sites is 1. The minimum Gasteiger partial charge on any atom is -0.293 e. The van der Waals surface area contributed by atoms with Gasteiger partial charge in [-0.15, -0.1) is 0 Å². The van der Waals surface area contributed by atoms with Gasteiger partial charge < -0.3 is 0 Å². The Kier molecular flexibility index (Phi) is 3.43. The summed E-state index contributed by atoms with van der Waals surface area (Å²) in [4.78, 5) is 26.3. The highest BCUT2D eigenvalue weighted by Gasteiger charge is 2.19. The Morgan fingerprint density at radius 1 is 1.17 bits per heavy atom. The van der Waals surface area contributed by atoms with Crippen molar-refractivity contribution in [3.05, 3.63) is 70.0 Å². The molecule has 0 N–H and O–H groups in total. The Balaban J connectivity index is 2.27. The van der Waals surface area contributed by atoms with Crippen LogP contribution in [0.15, 0.2) is 48.7 Å². The molecule has 1 heterocycles. The van der Waals surface area contributed by atoms with Crippen LogP contribution >= 0.6 is 0 Å². The number of nitro benzene ring substituents is 1. The Labute approximate surface area is 103 Å². The number of rotatable bonds is 4. The van der Waals surface area contributed by atoms with Crippen LogP contribution in [0.4, 0.5) is 5.69 Å². The average Bonchev–Trinajstić information content (AvgIpc) is 2.40. The maximum atomic E-state index is 12.0. The summed E-state index contributed by atoms with van der Waals surface area (Å²) in [5.74, 6) is -0.305. The standard InChI is InChI=1S/C13H10N2O3/c16-13(9-10-5-3-4-8-14-10)11-6-1-2-7-12(11)15(17)18/h1-8H,9H2. The van der Waals surface area contributed by atoms with Crippen molar-refractivity contribution in [1.82, 2.24) is 4.98 Å². The van der Waals surface area contributed by atoms with Crippen molar-refractivity contribution in [2.24, 2.45) is 0 Å². The molecule has 0 aliphatic heterocycles. The molecule has 1 aromatic heterocycles. The first-order valence-electron chi connectivity index (χ1n) is 5.35. The number of hydrogen-bond donors (Lipinski definition) is 0. The van der Waals surface area contributed by atoms with Gasteiger partial charge in [-0.1, -0.05) is 18.2 Å². The van der Waals surface area contributed by atoms with Crippen molar-refractivity contribution >= 4 is 11.5 Å². The molecule has 0 atom stereocenters. The number of Topliss-reactive ketones (excluding diaryl/α,β-unsaturated/α-hetero) is 1. The number of benzene rings is 1. The molecule has 0 spiro atoms. The van der Waals surface area contributed by atoms with Crippen molar-refractivity contribution in [3.8, 4) is 0 Å². The first kappa shape index (κ1) is 11.9. The molecule has 0 amide bonds. The first-order valence-corrected chi connectivity index (χ1v) is 5.35. The van der Waals surface area contributed by atoms with Crippen LogP contribution in [0, 0.1) is 10.1 Å². The van der Waals surface area contributed by atoms with Crippen LogP contribution < -0.4 is 0 Å². The lowest BCUT2D eigenvalue weighted by atomic mass is 10.0. The summed E-state index contributed by atoms with van der Waals surface area (Å²) in [6, 6.07) is 11.2. The van der Waals surface area contributed by atoms with Gasteiger partial charge in [-0.3, -0.25) is 19.9 Å². The van der Waals surface area contributed by atoms with Crippen LogP contribution in [-0.2, 0) is 6.42 Å². The van der Waals surface area contributed by atoms with Gasteiger partial charge in [0, 0.05) is 18.0 Å². The number of aromatic nitrogens is 1. The zero-order chi connectivity index (χ0) is 13.0. The summed E-state index contributed by atoms with van der Waals surface area (Å²) < 4.78 is 0. The van der Waals surface area contributed by atoms with Gasteiger partial charge in [-0.05, 0) is 18.2 Å². The molecule has 0 aliphatic rings. The highest BCUT2D eigenvalue weighted by Crippen LogP contribution is 2.19. The lowest BCUT2D eigenvalue weighted by Crippen LogP contribution is -2.07. The van der Waals surface area contributed by atoms with Gasteiger partial charge in [0.15, 0.2) is 5.78 Å². The number of pyridine rings is 1. The SMILES string of the molecule is O=C(Cc1ccccn1)c1ccccc1[N+](=O)[O-]. The van der Waals surface area contributed by atoms with Crippen LogP contribution in [0.2, 0.25) is 0 Å². The first-order chi connectivity index (χ1) is 8.68. The molecule has 0 saturated carbocycles. The molecule has 1 aromatic carbocycles. The van der Waals surface area contributed by atoms with Crippen molar-refractivity contribution in [2.45, 2.75) is 6.42 Å². The molecule has 0 saturated heterocycles. The Bertz CT molecular complexity index is 582.